The van der Waals surface area contributed by atoms with E-state index < -0.39 is 5.60 Å². The zero-order valence-corrected chi connectivity index (χ0v) is 13.0. The van der Waals surface area contributed by atoms with Crippen LogP contribution in [0.25, 0.3) is 0 Å². The van der Waals surface area contributed by atoms with Crippen LogP contribution in [0.15, 0.2) is 42.5 Å². The van der Waals surface area contributed by atoms with Crippen LogP contribution in [0, 0.1) is 17.8 Å². The summed E-state index contributed by atoms with van der Waals surface area (Å²) in [6, 6.07) is 9.66. The molecule has 0 radical (unpaired) electrons. The van der Waals surface area contributed by atoms with Crippen LogP contribution < -0.4 is 5.06 Å². The summed E-state index contributed by atoms with van der Waals surface area (Å²) in [7, 11) is 0. The number of para-hydroxylation sites is 1. The van der Waals surface area contributed by atoms with Crippen LogP contribution >= 0.6 is 0 Å². The first-order valence-electron chi connectivity index (χ1n) is 7.70. The van der Waals surface area contributed by atoms with Crippen molar-refractivity contribution in [2.24, 2.45) is 17.8 Å². The van der Waals surface area contributed by atoms with Gasteiger partial charge in [0, 0.05) is 5.92 Å². The number of nitrogens with zero attached hydrogens (tertiary/aromatic N) is 1. The Morgan fingerprint density at radius 2 is 1.86 bits per heavy atom. The van der Waals surface area contributed by atoms with Gasteiger partial charge in [0.2, 0.25) is 0 Å². The lowest BCUT2D eigenvalue weighted by molar-refractivity contribution is -0.137. The average molecular weight is 285 g/mol. The Bertz CT molecular complexity index is 544. The molecule has 21 heavy (non-hydrogen) atoms. The lowest BCUT2D eigenvalue weighted by Gasteiger charge is -2.32. The maximum atomic E-state index is 13.0. The maximum Gasteiger partial charge on any atom is 0.254 e. The van der Waals surface area contributed by atoms with Crippen LogP contribution in [0.2, 0.25) is 0 Å². The third-order valence-electron chi connectivity index (χ3n) is 4.15. The summed E-state index contributed by atoms with van der Waals surface area (Å²) in [5.41, 5.74) is 0.406. The zero-order valence-electron chi connectivity index (χ0n) is 13.0. The largest absolute Gasteiger partial charge is 0.272 e. The van der Waals surface area contributed by atoms with Crippen molar-refractivity contribution in [1.82, 2.24) is 0 Å². The monoisotopic (exact) mass is 285 g/mol. The summed E-state index contributed by atoms with van der Waals surface area (Å²) in [6.07, 6.45) is 6.54. The first kappa shape index (κ1) is 14.3. The highest BCUT2D eigenvalue weighted by atomic mass is 16.7. The smallest absolute Gasteiger partial charge is 0.254 e. The van der Waals surface area contributed by atoms with Gasteiger partial charge in [0.1, 0.15) is 0 Å². The van der Waals surface area contributed by atoms with Gasteiger partial charge in [-0.05, 0) is 57.6 Å². The number of carbonyl (C=O) groups excluding carboxylic acids is 1. The molecule has 2 bridgehead atoms. The van der Waals surface area contributed by atoms with Crippen molar-refractivity contribution in [1.29, 1.82) is 0 Å². The van der Waals surface area contributed by atoms with Gasteiger partial charge in [-0.1, -0.05) is 30.4 Å². The molecule has 0 aliphatic heterocycles. The first-order chi connectivity index (χ1) is 9.94. The van der Waals surface area contributed by atoms with Gasteiger partial charge >= 0.3 is 0 Å². The third-order valence-corrected chi connectivity index (χ3v) is 4.15. The molecule has 1 aromatic rings. The molecule has 2 aliphatic carbocycles. The Labute approximate surface area is 126 Å². The van der Waals surface area contributed by atoms with Crippen LogP contribution in [0.4, 0.5) is 5.69 Å². The highest BCUT2D eigenvalue weighted by Crippen LogP contribution is 2.44. The number of fused-ring (bicyclic) bond motifs is 2. The molecule has 0 N–H and O–H groups in total. The highest BCUT2D eigenvalue weighted by molar-refractivity contribution is 5.93. The average Bonchev–Trinajstić information content (AvgIpc) is 3.06. The second kappa shape index (κ2) is 5.30. The number of rotatable bonds is 3. The predicted octanol–water partition coefficient (Wildman–Crippen LogP) is 3.96. The molecule has 2 aliphatic rings. The molecule has 3 nitrogen and oxygen atoms in total. The van der Waals surface area contributed by atoms with Crippen molar-refractivity contribution in [3.05, 3.63) is 42.5 Å². The molecule has 3 heteroatoms. The van der Waals surface area contributed by atoms with Gasteiger partial charge in [-0.25, -0.2) is 0 Å². The summed E-state index contributed by atoms with van der Waals surface area (Å²) >= 11 is 0. The molecule has 0 aromatic heterocycles. The number of hydrogen-bond donors (Lipinski definition) is 0. The Morgan fingerprint density at radius 1 is 1.14 bits per heavy atom. The van der Waals surface area contributed by atoms with Crippen LogP contribution in [-0.2, 0) is 9.63 Å². The third kappa shape index (κ3) is 3.03. The standard InChI is InChI=1S/C18H23NO2/c1-18(2,3)21-19(15-7-5-4-6-8-15)17(20)16-12-13-9-10-14(16)11-13/h4-10,13-14,16H,11-12H2,1-3H3/t13-,14+,16-/m0/s1. The number of allylic oxidation sites excluding steroid dienone is 2. The number of hydrogen-bond acceptors (Lipinski definition) is 2. The maximum absolute atomic E-state index is 13.0. The molecule has 1 saturated carbocycles. The quantitative estimate of drug-likeness (QED) is 0.621. The van der Waals surface area contributed by atoms with E-state index in [1.54, 1.807) is 0 Å². The first-order valence-corrected chi connectivity index (χ1v) is 7.70. The van der Waals surface area contributed by atoms with Gasteiger partial charge in [-0.15, -0.1) is 0 Å². The zero-order chi connectivity index (χ0) is 15.0. The summed E-state index contributed by atoms with van der Waals surface area (Å²) in [6.45, 7) is 5.91. The molecule has 0 unspecified atom stereocenters. The van der Waals surface area contributed by atoms with Gasteiger partial charge < -0.3 is 0 Å². The highest BCUT2D eigenvalue weighted by Gasteiger charge is 2.42. The van der Waals surface area contributed by atoms with E-state index >= 15 is 0 Å². The van der Waals surface area contributed by atoms with E-state index in [0.29, 0.717) is 11.8 Å². The molecule has 1 aromatic carbocycles. The van der Waals surface area contributed by atoms with E-state index in [4.69, 9.17) is 4.84 Å². The second-order valence-electron chi connectivity index (χ2n) is 7.06. The van der Waals surface area contributed by atoms with Gasteiger partial charge in [0.05, 0.1) is 11.3 Å². The Hall–Kier alpha value is -1.61. The fraction of sp³-hybridized carbons (Fsp3) is 0.500. The Morgan fingerprint density at radius 3 is 2.38 bits per heavy atom. The Balaban J connectivity index is 1.85. The summed E-state index contributed by atoms with van der Waals surface area (Å²) in [5.74, 6) is 1.11. The number of carbonyl (C=O) groups is 1. The minimum atomic E-state index is -0.404. The minimum Gasteiger partial charge on any atom is -0.272 e. The Kier molecular flexibility index (Phi) is 3.62. The molecule has 3 rings (SSSR count). The molecule has 1 amide bonds. The van der Waals surface area contributed by atoms with Crippen LogP contribution in [0.1, 0.15) is 33.6 Å². The van der Waals surface area contributed by atoms with Crippen molar-refractivity contribution < 1.29 is 9.63 Å². The van der Waals surface area contributed by atoms with Crippen LogP contribution in [-0.4, -0.2) is 11.5 Å². The van der Waals surface area contributed by atoms with Crippen molar-refractivity contribution in [3.8, 4) is 0 Å². The number of amides is 1. The van der Waals surface area contributed by atoms with E-state index in [-0.39, 0.29) is 11.8 Å². The van der Waals surface area contributed by atoms with E-state index in [2.05, 4.69) is 12.2 Å². The molecular weight excluding hydrogens is 262 g/mol. The molecular formula is C18H23NO2. The van der Waals surface area contributed by atoms with Gasteiger partial charge in [0.25, 0.3) is 5.91 Å². The summed E-state index contributed by atoms with van der Waals surface area (Å²) in [4.78, 5) is 18.9. The van der Waals surface area contributed by atoms with E-state index in [9.17, 15) is 4.79 Å². The van der Waals surface area contributed by atoms with Gasteiger partial charge in [-0.3, -0.25) is 9.63 Å². The lowest BCUT2D eigenvalue weighted by atomic mass is 9.92. The van der Waals surface area contributed by atoms with E-state index in [1.165, 1.54) is 5.06 Å². The predicted molar refractivity (Wildman–Crippen MR) is 83.6 cm³/mol. The van der Waals surface area contributed by atoms with Crippen LogP contribution in [0.3, 0.4) is 0 Å². The molecule has 3 atom stereocenters. The van der Waals surface area contributed by atoms with Gasteiger partial charge in [-0.2, -0.15) is 5.06 Å². The van der Waals surface area contributed by atoms with E-state index in [1.807, 2.05) is 51.1 Å². The SMILES string of the molecule is CC(C)(C)ON(C(=O)[C@H]1C[C@H]2C=C[C@@H]1C2)c1ccccc1. The van der Waals surface area contributed by atoms with Crippen molar-refractivity contribution in [2.75, 3.05) is 5.06 Å². The van der Waals surface area contributed by atoms with E-state index in [0.717, 1.165) is 18.5 Å². The fourth-order valence-electron chi connectivity index (χ4n) is 3.28. The number of benzene rings is 1. The molecule has 112 valence electrons. The number of anilines is 1. The second-order valence-corrected chi connectivity index (χ2v) is 7.06. The molecule has 0 spiro atoms. The van der Waals surface area contributed by atoms with Crippen molar-refractivity contribution in [3.63, 3.8) is 0 Å². The summed E-state index contributed by atoms with van der Waals surface area (Å²) < 4.78 is 0. The number of hydroxylamine groups is 1. The topological polar surface area (TPSA) is 29.5 Å². The summed E-state index contributed by atoms with van der Waals surface area (Å²) in [5, 5.41) is 1.51. The molecule has 0 heterocycles. The normalized spacial score (nSPS) is 27.1. The molecule has 1 fully saturated rings. The van der Waals surface area contributed by atoms with Crippen LogP contribution in [0.5, 0.6) is 0 Å². The fourth-order valence-corrected chi connectivity index (χ4v) is 3.28. The minimum absolute atomic E-state index is 0.0579. The van der Waals surface area contributed by atoms with Crippen molar-refractivity contribution in [2.45, 2.75) is 39.2 Å². The molecule has 0 saturated heterocycles. The van der Waals surface area contributed by atoms with Gasteiger partial charge in [0.15, 0.2) is 0 Å². The van der Waals surface area contributed by atoms with Crippen molar-refractivity contribution >= 4 is 11.6 Å². The lowest BCUT2D eigenvalue weighted by Crippen LogP contribution is -2.42.